The predicted molar refractivity (Wildman–Crippen MR) is 109 cm³/mol. The molecule has 0 bridgehead atoms. The fourth-order valence-corrected chi connectivity index (χ4v) is 3.92. The van der Waals surface area contributed by atoms with Crippen LogP contribution in [0.3, 0.4) is 0 Å². The van der Waals surface area contributed by atoms with Gasteiger partial charge < -0.3 is 10.5 Å². The molecule has 2 N–H and O–H groups in total. The number of hydrogen-bond acceptors (Lipinski definition) is 5. The lowest BCUT2D eigenvalue weighted by Gasteiger charge is -2.36. The number of benzene rings is 1. The molecule has 0 spiro atoms. The summed E-state index contributed by atoms with van der Waals surface area (Å²) in [5, 5.41) is 0.326. The summed E-state index contributed by atoms with van der Waals surface area (Å²) in [6.45, 7) is -1.44. The molecular weight excluding hydrogens is 474 g/mol. The van der Waals surface area contributed by atoms with E-state index in [1.807, 2.05) is 0 Å². The number of nitrogens with zero attached hydrogens (tertiary/aromatic N) is 3. The smallest absolute Gasteiger partial charge is 0.425 e. The van der Waals surface area contributed by atoms with Crippen LogP contribution >= 0.6 is 11.6 Å². The maximum Gasteiger partial charge on any atom is 0.425 e. The molecule has 174 valence electrons. The molecule has 1 aliphatic heterocycles. The molecule has 33 heavy (non-hydrogen) atoms. The van der Waals surface area contributed by atoms with Gasteiger partial charge in [0.15, 0.2) is 11.9 Å². The number of nitrogens with two attached hydrogens (primary N) is 1. The maximum absolute atomic E-state index is 14.7. The fourth-order valence-electron chi connectivity index (χ4n) is 3.76. The molecule has 12 heteroatoms. The Bertz CT molecular complexity index is 1250. The Morgan fingerprint density at radius 3 is 2.58 bits per heavy atom. The lowest BCUT2D eigenvalue weighted by Crippen LogP contribution is -2.48. The first-order chi connectivity index (χ1) is 15.5. The van der Waals surface area contributed by atoms with Crippen molar-refractivity contribution in [1.82, 2.24) is 9.97 Å². The molecule has 0 radical (unpaired) electrons. The summed E-state index contributed by atoms with van der Waals surface area (Å²) in [5.74, 6) is -1.61. The molecule has 1 aromatic carbocycles. The van der Waals surface area contributed by atoms with Gasteiger partial charge in [-0.3, -0.25) is 9.97 Å². The second-order valence-electron chi connectivity index (χ2n) is 7.56. The molecule has 4 rings (SSSR count). The Labute approximate surface area is 188 Å². The number of aromatic nitrogens is 2. The van der Waals surface area contributed by atoms with Crippen LogP contribution in [0.15, 0.2) is 41.7 Å². The SMILES string of the molecule is NC1=N[C@](CF)(c2cc(Cc3ncc(F)c4cc(Cl)cnc34)ccc2F)C[C@@H](C(F)(F)F)O1. The quantitative estimate of drug-likeness (QED) is 0.526. The molecule has 5 nitrogen and oxygen atoms in total. The van der Waals surface area contributed by atoms with Crippen LogP contribution in [0.1, 0.15) is 23.2 Å². The van der Waals surface area contributed by atoms with Gasteiger partial charge in [-0.1, -0.05) is 17.7 Å². The molecule has 3 aromatic rings. The highest BCUT2D eigenvalue weighted by molar-refractivity contribution is 6.31. The third-order valence-electron chi connectivity index (χ3n) is 5.32. The van der Waals surface area contributed by atoms with Crippen LogP contribution in [-0.2, 0) is 16.7 Å². The van der Waals surface area contributed by atoms with E-state index in [2.05, 4.69) is 19.7 Å². The Morgan fingerprint density at radius 2 is 1.88 bits per heavy atom. The summed E-state index contributed by atoms with van der Waals surface area (Å²) in [7, 11) is 0. The largest absolute Gasteiger partial charge is 0.452 e. The highest BCUT2D eigenvalue weighted by Gasteiger charge is 2.52. The minimum atomic E-state index is -4.86. The topological polar surface area (TPSA) is 73.4 Å². The first-order valence-corrected chi connectivity index (χ1v) is 9.92. The van der Waals surface area contributed by atoms with Crippen molar-refractivity contribution in [3.05, 3.63) is 70.1 Å². The normalized spacial score (nSPS) is 21.1. The van der Waals surface area contributed by atoms with Crippen LogP contribution in [0.25, 0.3) is 10.9 Å². The van der Waals surface area contributed by atoms with Gasteiger partial charge in [0.1, 0.15) is 18.0 Å². The molecule has 2 aromatic heterocycles. The van der Waals surface area contributed by atoms with Crippen molar-refractivity contribution >= 4 is 28.5 Å². The minimum absolute atomic E-state index is 0.000542. The van der Waals surface area contributed by atoms with Crippen LogP contribution in [0, 0.1) is 11.6 Å². The van der Waals surface area contributed by atoms with E-state index in [-0.39, 0.29) is 22.3 Å². The number of alkyl halides is 4. The lowest BCUT2D eigenvalue weighted by molar-refractivity contribution is -0.209. The number of aliphatic imine (C=N–C) groups is 1. The summed E-state index contributed by atoms with van der Waals surface area (Å²) in [6, 6.07) is 4.01. The first-order valence-electron chi connectivity index (χ1n) is 9.54. The lowest BCUT2D eigenvalue weighted by atomic mass is 9.83. The summed E-state index contributed by atoms with van der Waals surface area (Å²) in [4.78, 5) is 11.8. The monoisotopic (exact) mass is 488 g/mol. The van der Waals surface area contributed by atoms with Gasteiger partial charge in [-0.15, -0.1) is 0 Å². The van der Waals surface area contributed by atoms with Crippen molar-refractivity contribution in [2.24, 2.45) is 10.7 Å². The van der Waals surface area contributed by atoms with Gasteiger partial charge in [-0.2, -0.15) is 13.2 Å². The van der Waals surface area contributed by atoms with Gasteiger partial charge in [0.2, 0.25) is 0 Å². The highest BCUT2D eigenvalue weighted by atomic mass is 35.5. The van der Waals surface area contributed by atoms with Gasteiger partial charge in [0.05, 0.1) is 22.4 Å². The zero-order valence-electron chi connectivity index (χ0n) is 16.6. The van der Waals surface area contributed by atoms with Gasteiger partial charge in [0.25, 0.3) is 6.02 Å². The van der Waals surface area contributed by atoms with Gasteiger partial charge >= 0.3 is 6.18 Å². The number of ether oxygens (including phenoxy) is 1. The number of amidine groups is 1. The zero-order valence-corrected chi connectivity index (χ0v) is 17.4. The van der Waals surface area contributed by atoms with Crippen molar-refractivity contribution in [2.75, 3.05) is 6.67 Å². The van der Waals surface area contributed by atoms with Crippen LogP contribution in [0.4, 0.5) is 26.3 Å². The van der Waals surface area contributed by atoms with Crippen LogP contribution < -0.4 is 5.73 Å². The molecule has 0 amide bonds. The number of halogens is 7. The Hall–Kier alpha value is -3.08. The molecular formula is C21H15ClF6N4O. The second-order valence-corrected chi connectivity index (χ2v) is 8.00. The zero-order chi connectivity index (χ0) is 24.0. The predicted octanol–water partition coefficient (Wildman–Crippen LogP) is 4.98. The van der Waals surface area contributed by atoms with E-state index in [1.54, 1.807) is 0 Å². The van der Waals surface area contributed by atoms with Crippen molar-refractivity contribution in [3.63, 3.8) is 0 Å². The van der Waals surface area contributed by atoms with E-state index >= 15 is 0 Å². The van der Waals surface area contributed by atoms with Crippen LogP contribution in [-0.4, -0.2) is 34.9 Å². The third kappa shape index (κ3) is 4.41. The molecule has 0 fully saturated rings. The van der Waals surface area contributed by atoms with Crippen LogP contribution in [0.2, 0.25) is 5.02 Å². The fraction of sp³-hybridized carbons (Fsp3) is 0.286. The van der Waals surface area contributed by atoms with Crippen molar-refractivity contribution in [2.45, 2.75) is 30.7 Å². The molecule has 2 atom stereocenters. The Morgan fingerprint density at radius 1 is 1.12 bits per heavy atom. The summed E-state index contributed by atoms with van der Waals surface area (Å²) < 4.78 is 87.4. The van der Waals surface area contributed by atoms with Gasteiger partial charge in [0, 0.05) is 30.0 Å². The summed E-state index contributed by atoms with van der Waals surface area (Å²) in [5.41, 5.74) is 3.61. The van der Waals surface area contributed by atoms with Crippen LogP contribution in [0.5, 0.6) is 0 Å². The number of hydrogen-bond donors (Lipinski definition) is 1. The average Bonchev–Trinajstić information content (AvgIpc) is 2.76. The number of rotatable bonds is 4. The van der Waals surface area contributed by atoms with E-state index in [4.69, 9.17) is 17.3 Å². The molecule has 0 unspecified atom stereocenters. The van der Waals surface area contributed by atoms with Crippen molar-refractivity contribution in [3.8, 4) is 0 Å². The molecule has 0 saturated heterocycles. The second kappa shape index (κ2) is 8.36. The van der Waals surface area contributed by atoms with E-state index in [0.717, 1.165) is 12.3 Å². The average molecular weight is 489 g/mol. The molecule has 1 aliphatic rings. The maximum atomic E-state index is 14.7. The first kappa shape index (κ1) is 23.1. The van der Waals surface area contributed by atoms with Crippen molar-refractivity contribution in [1.29, 1.82) is 0 Å². The Kier molecular flexibility index (Phi) is 5.85. The van der Waals surface area contributed by atoms with E-state index in [1.165, 1.54) is 24.4 Å². The standard InChI is InChI=1S/C21H15ClF6N4O/c22-11-5-12-15(25)8-30-16(18(12)31-7-11)4-10-1-2-14(24)13(3-10)20(9-23)6-17(21(26,27)28)33-19(29)32-20/h1-3,5,7-8,17H,4,6,9H2,(H2,29,32)/t17-,20+/m0/s1. The molecule has 0 aliphatic carbocycles. The van der Waals surface area contributed by atoms with E-state index in [0.29, 0.717) is 11.3 Å². The van der Waals surface area contributed by atoms with E-state index in [9.17, 15) is 26.3 Å². The number of pyridine rings is 2. The third-order valence-corrected chi connectivity index (χ3v) is 5.53. The minimum Gasteiger partial charge on any atom is -0.452 e. The highest BCUT2D eigenvalue weighted by Crippen LogP contribution is 2.42. The number of fused-ring (bicyclic) bond motifs is 1. The summed E-state index contributed by atoms with van der Waals surface area (Å²) in [6.07, 6.45) is -6.03. The van der Waals surface area contributed by atoms with Gasteiger partial charge in [-0.25, -0.2) is 18.2 Å². The Balaban J connectivity index is 1.77. The van der Waals surface area contributed by atoms with E-state index < -0.39 is 54.1 Å². The van der Waals surface area contributed by atoms with Gasteiger partial charge in [-0.05, 0) is 23.8 Å². The van der Waals surface area contributed by atoms with Crippen molar-refractivity contribution < 1.29 is 31.1 Å². The molecule has 0 saturated carbocycles. The summed E-state index contributed by atoms with van der Waals surface area (Å²) >= 11 is 5.87. The molecule has 3 heterocycles.